The third-order valence-electron chi connectivity index (χ3n) is 1.67. The highest BCUT2D eigenvalue weighted by atomic mass is 32.1. The van der Waals surface area contributed by atoms with Gasteiger partial charge in [-0.25, -0.2) is 4.98 Å². The molecule has 2 rings (SSSR count). The summed E-state index contributed by atoms with van der Waals surface area (Å²) in [5.41, 5.74) is 0.311. The van der Waals surface area contributed by atoms with Gasteiger partial charge >= 0.3 is 6.01 Å². The molecule has 0 saturated heterocycles. The van der Waals surface area contributed by atoms with Gasteiger partial charge in [0.25, 0.3) is 0 Å². The lowest BCUT2D eigenvalue weighted by Crippen LogP contribution is -1.98. The molecule has 0 amide bonds. The smallest absolute Gasteiger partial charge is 0.317 e. The molecule has 0 bridgehead atoms. The van der Waals surface area contributed by atoms with Gasteiger partial charge in [-0.1, -0.05) is 6.07 Å². The monoisotopic (exact) mass is 217 g/mol. The second-order valence-electron chi connectivity index (χ2n) is 2.70. The van der Waals surface area contributed by atoms with Crippen LogP contribution >= 0.6 is 11.3 Å². The summed E-state index contributed by atoms with van der Waals surface area (Å²) in [6.07, 6.45) is 1.51. The minimum Gasteiger partial charge on any atom is -0.458 e. The topological polar surface area (TPSA) is 58.8 Å². The maximum absolute atomic E-state index is 8.62. The Labute approximate surface area is 90.8 Å². The van der Waals surface area contributed by atoms with Gasteiger partial charge in [-0.2, -0.15) is 10.2 Å². The lowest BCUT2D eigenvalue weighted by atomic mass is 10.4. The molecule has 0 saturated carbocycles. The molecule has 0 radical (unpaired) electrons. The van der Waals surface area contributed by atoms with E-state index in [0.29, 0.717) is 12.3 Å². The summed E-state index contributed by atoms with van der Waals surface area (Å²) in [5.74, 6) is 0. The summed E-state index contributed by atoms with van der Waals surface area (Å²) in [5, 5.41) is 10.6. The Hall–Kier alpha value is -1.93. The van der Waals surface area contributed by atoms with Gasteiger partial charge in [0.1, 0.15) is 18.4 Å². The lowest BCUT2D eigenvalue weighted by molar-refractivity contribution is 0.283. The maximum Gasteiger partial charge on any atom is 0.317 e. The summed E-state index contributed by atoms with van der Waals surface area (Å²) in [4.78, 5) is 8.91. The van der Waals surface area contributed by atoms with Gasteiger partial charge < -0.3 is 4.74 Å². The number of thiophene rings is 1. The molecule has 0 unspecified atom stereocenters. The Morgan fingerprint density at radius 3 is 3.13 bits per heavy atom. The maximum atomic E-state index is 8.62. The van der Waals surface area contributed by atoms with Crippen molar-refractivity contribution in [2.24, 2.45) is 0 Å². The third-order valence-corrected chi connectivity index (χ3v) is 2.52. The minimum atomic E-state index is 0.238. The SMILES string of the molecule is N#Cc1ccnc(OCc2cccs2)n1. The van der Waals surface area contributed by atoms with Crippen molar-refractivity contribution in [3.05, 3.63) is 40.3 Å². The van der Waals surface area contributed by atoms with Crippen molar-refractivity contribution < 1.29 is 4.74 Å². The van der Waals surface area contributed by atoms with Crippen molar-refractivity contribution in [1.82, 2.24) is 9.97 Å². The fourth-order valence-corrected chi connectivity index (χ4v) is 1.62. The van der Waals surface area contributed by atoms with Crippen LogP contribution in [0.2, 0.25) is 0 Å². The van der Waals surface area contributed by atoms with Crippen molar-refractivity contribution in [3.8, 4) is 12.1 Å². The second-order valence-corrected chi connectivity index (χ2v) is 3.74. The Morgan fingerprint density at radius 2 is 2.40 bits per heavy atom. The molecular weight excluding hydrogens is 210 g/mol. The molecular formula is C10H7N3OS. The van der Waals surface area contributed by atoms with Crippen molar-refractivity contribution in [2.75, 3.05) is 0 Å². The second kappa shape index (κ2) is 4.53. The van der Waals surface area contributed by atoms with Crippen LogP contribution in [0, 0.1) is 11.3 Å². The van der Waals surface area contributed by atoms with Crippen LogP contribution in [-0.4, -0.2) is 9.97 Å². The number of nitriles is 1. The van der Waals surface area contributed by atoms with Crippen LogP contribution in [0.5, 0.6) is 6.01 Å². The van der Waals surface area contributed by atoms with E-state index in [4.69, 9.17) is 10.00 Å². The summed E-state index contributed by atoms with van der Waals surface area (Å²) < 4.78 is 5.33. The molecule has 0 aliphatic heterocycles. The Morgan fingerprint density at radius 1 is 1.47 bits per heavy atom. The Bertz CT molecular complexity index is 476. The highest BCUT2D eigenvalue weighted by molar-refractivity contribution is 7.09. The molecule has 4 nitrogen and oxygen atoms in total. The largest absolute Gasteiger partial charge is 0.458 e. The standard InChI is InChI=1S/C10H7N3OS/c11-6-8-3-4-12-10(13-8)14-7-9-2-1-5-15-9/h1-5H,7H2. The molecule has 74 valence electrons. The molecule has 2 heterocycles. The number of aromatic nitrogens is 2. The molecule has 0 aliphatic rings. The average molecular weight is 217 g/mol. The quantitative estimate of drug-likeness (QED) is 0.788. The van der Waals surface area contributed by atoms with Crippen LogP contribution in [0.1, 0.15) is 10.6 Å². The van der Waals surface area contributed by atoms with Gasteiger partial charge in [-0.3, -0.25) is 0 Å². The number of nitrogens with zero attached hydrogens (tertiary/aromatic N) is 3. The fourth-order valence-electron chi connectivity index (χ4n) is 1.00. The van der Waals surface area contributed by atoms with Gasteiger partial charge in [0.05, 0.1) is 0 Å². The average Bonchev–Trinajstić information content (AvgIpc) is 2.79. The van der Waals surface area contributed by atoms with E-state index < -0.39 is 0 Å². The number of hydrogen-bond donors (Lipinski definition) is 0. The molecule has 0 aromatic carbocycles. The highest BCUT2D eigenvalue weighted by Gasteiger charge is 2.00. The van der Waals surface area contributed by atoms with Crippen molar-refractivity contribution in [1.29, 1.82) is 5.26 Å². The molecule has 0 fully saturated rings. The van der Waals surface area contributed by atoms with Crippen LogP contribution in [0.3, 0.4) is 0 Å². The molecule has 2 aromatic rings. The fraction of sp³-hybridized carbons (Fsp3) is 0.100. The highest BCUT2D eigenvalue weighted by Crippen LogP contribution is 2.11. The molecule has 0 atom stereocenters. The van der Waals surface area contributed by atoms with Gasteiger partial charge in [0, 0.05) is 11.1 Å². The van der Waals surface area contributed by atoms with E-state index in [0.717, 1.165) is 4.88 Å². The van der Waals surface area contributed by atoms with Gasteiger partial charge in [0.2, 0.25) is 0 Å². The zero-order valence-electron chi connectivity index (χ0n) is 7.75. The number of rotatable bonds is 3. The van der Waals surface area contributed by atoms with Crippen LogP contribution in [0.15, 0.2) is 29.8 Å². The Kier molecular flexibility index (Phi) is 2.90. The molecule has 2 aromatic heterocycles. The summed E-state index contributed by atoms with van der Waals surface area (Å²) >= 11 is 1.61. The first kappa shape index (κ1) is 9.62. The lowest BCUT2D eigenvalue weighted by Gasteiger charge is -2.01. The molecule has 0 N–H and O–H groups in total. The molecule has 0 spiro atoms. The van der Waals surface area contributed by atoms with Crippen LogP contribution in [0.25, 0.3) is 0 Å². The predicted octanol–water partition coefficient (Wildman–Crippen LogP) is 1.99. The van der Waals surface area contributed by atoms with Crippen LogP contribution in [-0.2, 0) is 6.61 Å². The first-order valence-electron chi connectivity index (χ1n) is 4.27. The van der Waals surface area contributed by atoms with Crippen molar-refractivity contribution in [2.45, 2.75) is 6.61 Å². The number of ether oxygens (including phenoxy) is 1. The van der Waals surface area contributed by atoms with Crippen molar-refractivity contribution >= 4 is 11.3 Å². The molecule has 0 aliphatic carbocycles. The van der Waals surface area contributed by atoms with Crippen molar-refractivity contribution in [3.63, 3.8) is 0 Å². The third kappa shape index (κ3) is 2.51. The zero-order chi connectivity index (χ0) is 10.5. The van der Waals surface area contributed by atoms with E-state index in [-0.39, 0.29) is 6.01 Å². The first-order chi connectivity index (χ1) is 7.38. The van der Waals surface area contributed by atoms with Gasteiger partial charge in [0.15, 0.2) is 0 Å². The summed E-state index contributed by atoms with van der Waals surface area (Å²) in [6.45, 7) is 0.437. The van der Waals surface area contributed by atoms with E-state index in [2.05, 4.69) is 9.97 Å². The summed E-state index contributed by atoms with van der Waals surface area (Å²) in [6, 6.07) is 7.64. The van der Waals surface area contributed by atoms with E-state index in [1.54, 1.807) is 11.3 Å². The molecule has 15 heavy (non-hydrogen) atoms. The molecule has 5 heteroatoms. The minimum absolute atomic E-state index is 0.238. The summed E-state index contributed by atoms with van der Waals surface area (Å²) in [7, 11) is 0. The van der Waals surface area contributed by atoms with Crippen LogP contribution < -0.4 is 4.74 Å². The van der Waals surface area contributed by atoms with Gasteiger partial charge in [-0.15, -0.1) is 11.3 Å². The van der Waals surface area contributed by atoms with E-state index in [9.17, 15) is 0 Å². The normalized spacial score (nSPS) is 9.53. The van der Waals surface area contributed by atoms with Crippen LogP contribution in [0.4, 0.5) is 0 Å². The zero-order valence-corrected chi connectivity index (χ0v) is 8.57. The van der Waals surface area contributed by atoms with E-state index in [1.807, 2.05) is 23.6 Å². The number of hydrogen-bond acceptors (Lipinski definition) is 5. The predicted molar refractivity (Wildman–Crippen MR) is 55.4 cm³/mol. The van der Waals surface area contributed by atoms with E-state index in [1.165, 1.54) is 12.3 Å². The van der Waals surface area contributed by atoms with Gasteiger partial charge in [-0.05, 0) is 17.5 Å². The van der Waals surface area contributed by atoms with E-state index >= 15 is 0 Å². The Balaban J connectivity index is 2.02. The first-order valence-corrected chi connectivity index (χ1v) is 5.15.